The van der Waals surface area contributed by atoms with Crippen LogP contribution < -0.4 is 14.8 Å². The van der Waals surface area contributed by atoms with Crippen molar-refractivity contribution in [3.8, 4) is 22.9 Å². The summed E-state index contributed by atoms with van der Waals surface area (Å²) in [6.45, 7) is 6.32. The number of ether oxygens (including phenoxy) is 2. The third kappa shape index (κ3) is 8.24. The van der Waals surface area contributed by atoms with Gasteiger partial charge in [0.2, 0.25) is 17.6 Å². The van der Waals surface area contributed by atoms with Crippen LogP contribution in [0.3, 0.4) is 0 Å². The van der Waals surface area contributed by atoms with E-state index >= 15 is 8.78 Å². The van der Waals surface area contributed by atoms with Crippen molar-refractivity contribution < 1.29 is 40.2 Å². The van der Waals surface area contributed by atoms with E-state index in [9.17, 15) is 22.0 Å². The normalized spacial score (nSPS) is 15.2. The molecule has 3 heterocycles. The number of likely N-dealkylation sites (tertiary alicyclic amines) is 1. The average molecular weight is 675 g/mol. The first-order chi connectivity index (χ1) is 22.2. The van der Waals surface area contributed by atoms with Crippen molar-refractivity contribution in [3.05, 3.63) is 84.2 Å². The Morgan fingerprint density at radius 3 is 2.45 bits per heavy atom. The number of carbonyl (C=O) groups is 1. The van der Waals surface area contributed by atoms with E-state index in [2.05, 4.69) is 20.3 Å². The van der Waals surface area contributed by atoms with Crippen molar-refractivity contribution in [1.82, 2.24) is 19.9 Å². The van der Waals surface area contributed by atoms with Gasteiger partial charge in [0.15, 0.2) is 11.6 Å². The molecule has 1 fully saturated rings. The Balaban J connectivity index is 1.33. The molecule has 2 aromatic heterocycles. The van der Waals surface area contributed by atoms with Crippen LogP contribution >= 0.6 is 0 Å². The maximum Gasteiger partial charge on any atom is 0.410 e. The zero-order valence-electron chi connectivity index (χ0n) is 25.4. The fourth-order valence-electron chi connectivity index (χ4n) is 4.70. The summed E-state index contributed by atoms with van der Waals surface area (Å²) in [7, 11) is -4.68. The van der Waals surface area contributed by atoms with E-state index < -0.39 is 61.3 Å². The predicted octanol–water partition coefficient (Wildman–Crippen LogP) is 6.50. The van der Waals surface area contributed by atoms with Gasteiger partial charge in [-0.05, 0) is 76.1 Å². The number of benzene rings is 2. The Kier molecular flexibility index (Phi) is 9.51. The van der Waals surface area contributed by atoms with Crippen LogP contribution in [0.2, 0.25) is 0 Å². The Morgan fingerprint density at radius 2 is 1.72 bits per heavy atom. The lowest BCUT2D eigenvalue weighted by atomic mass is 10.1. The largest absolute Gasteiger partial charge is 0.444 e. The fraction of sp³-hybridized carbons (Fsp3) is 0.290. The average Bonchev–Trinajstić information content (AvgIpc) is 3.00. The topological polar surface area (TPSA) is 136 Å². The van der Waals surface area contributed by atoms with Crippen LogP contribution in [0.25, 0.3) is 11.3 Å². The van der Waals surface area contributed by atoms with E-state index in [4.69, 9.17) is 9.47 Å². The van der Waals surface area contributed by atoms with E-state index in [1.807, 2.05) is 0 Å². The zero-order valence-corrected chi connectivity index (χ0v) is 26.2. The van der Waals surface area contributed by atoms with Crippen LogP contribution in [0.5, 0.6) is 11.6 Å². The molecule has 1 atom stereocenters. The van der Waals surface area contributed by atoms with Gasteiger partial charge < -0.3 is 19.7 Å². The summed E-state index contributed by atoms with van der Waals surface area (Å²) in [5.74, 6) is -6.03. The fourth-order valence-corrected chi connectivity index (χ4v) is 5.80. The molecule has 1 aliphatic heterocycles. The molecular weight excluding hydrogens is 644 g/mol. The minimum absolute atomic E-state index is 0.146. The molecule has 0 spiro atoms. The molecule has 47 heavy (non-hydrogen) atoms. The quantitative estimate of drug-likeness (QED) is 0.201. The summed E-state index contributed by atoms with van der Waals surface area (Å²) in [5, 5.41) is 3.23. The van der Waals surface area contributed by atoms with E-state index in [0.29, 0.717) is 42.5 Å². The first-order valence-electron chi connectivity index (χ1n) is 14.4. The van der Waals surface area contributed by atoms with E-state index in [-0.39, 0.29) is 17.9 Å². The van der Waals surface area contributed by atoms with Gasteiger partial charge >= 0.3 is 6.09 Å². The van der Waals surface area contributed by atoms with Crippen LogP contribution in [-0.2, 0) is 14.8 Å². The van der Waals surface area contributed by atoms with Gasteiger partial charge in [-0.25, -0.2) is 41.3 Å². The molecule has 4 aromatic rings. The monoisotopic (exact) mass is 674 g/mol. The van der Waals surface area contributed by atoms with Crippen molar-refractivity contribution >= 4 is 27.8 Å². The summed E-state index contributed by atoms with van der Waals surface area (Å²) < 4.78 is 95.3. The standard InChI is InChI=1S/C31H30F4N6O5S/c1-31(2,3)46-30(42)41-13-5-6-20(17-41)38-29-37-12-10-23(39-29)22-7-4-11-36-28(22)45-25-9-8-24(26(34)27(25)35)40-47(43,44)21-15-18(32)14-19(33)16-21/h4,7-12,14-16,20,40H,5-6,13,17H2,1-3H3,(H,37,38,39). The van der Waals surface area contributed by atoms with Crippen molar-refractivity contribution in [2.75, 3.05) is 23.1 Å². The number of piperidine rings is 1. The molecule has 2 N–H and O–H groups in total. The molecular formula is C31H30F4N6O5S. The van der Waals surface area contributed by atoms with E-state index in [1.165, 1.54) is 12.4 Å². The molecule has 16 heteroatoms. The molecule has 0 bridgehead atoms. The first kappa shape index (κ1) is 33.4. The molecule has 1 amide bonds. The second kappa shape index (κ2) is 13.4. The summed E-state index contributed by atoms with van der Waals surface area (Å²) >= 11 is 0. The lowest BCUT2D eigenvalue weighted by Gasteiger charge is -2.34. The molecule has 0 aliphatic carbocycles. The number of rotatable bonds is 8. The molecule has 0 saturated carbocycles. The number of aromatic nitrogens is 3. The summed E-state index contributed by atoms with van der Waals surface area (Å²) in [4.78, 5) is 26.3. The number of pyridine rings is 1. The molecule has 1 unspecified atom stereocenters. The Labute approximate surface area is 268 Å². The van der Waals surface area contributed by atoms with Gasteiger partial charge in [-0.2, -0.15) is 4.39 Å². The van der Waals surface area contributed by atoms with Crippen LogP contribution in [0.4, 0.5) is 34.0 Å². The molecule has 5 rings (SSSR count). The smallest absolute Gasteiger partial charge is 0.410 e. The van der Waals surface area contributed by atoms with Gasteiger partial charge in [0, 0.05) is 37.6 Å². The number of hydrogen-bond acceptors (Lipinski definition) is 9. The van der Waals surface area contributed by atoms with Gasteiger partial charge in [0.1, 0.15) is 17.2 Å². The van der Waals surface area contributed by atoms with Gasteiger partial charge in [-0.1, -0.05) is 0 Å². The lowest BCUT2D eigenvalue weighted by molar-refractivity contribution is 0.0206. The van der Waals surface area contributed by atoms with Crippen LogP contribution in [0, 0.1) is 23.3 Å². The lowest BCUT2D eigenvalue weighted by Crippen LogP contribution is -2.47. The van der Waals surface area contributed by atoms with Crippen LogP contribution in [0.15, 0.2) is 65.8 Å². The van der Waals surface area contributed by atoms with Gasteiger partial charge in [0.05, 0.1) is 21.8 Å². The number of hydrogen-bond donors (Lipinski definition) is 2. The molecule has 1 saturated heterocycles. The zero-order chi connectivity index (χ0) is 33.9. The number of sulfonamides is 1. The predicted molar refractivity (Wildman–Crippen MR) is 163 cm³/mol. The number of amides is 1. The maximum absolute atomic E-state index is 15.1. The summed E-state index contributed by atoms with van der Waals surface area (Å²) in [5.41, 5.74) is -0.813. The summed E-state index contributed by atoms with van der Waals surface area (Å²) in [6, 6.07) is 7.96. The second-order valence-electron chi connectivity index (χ2n) is 11.6. The molecule has 11 nitrogen and oxygen atoms in total. The van der Waals surface area contributed by atoms with Gasteiger partial charge in [-0.3, -0.25) is 4.72 Å². The summed E-state index contributed by atoms with van der Waals surface area (Å²) in [6.07, 6.45) is 3.93. The third-order valence-electron chi connectivity index (χ3n) is 6.75. The van der Waals surface area contributed by atoms with Crippen LogP contribution in [-0.4, -0.2) is 59.1 Å². The van der Waals surface area contributed by atoms with Gasteiger partial charge in [0.25, 0.3) is 10.0 Å². The number of carbonyl (C=O) groups excluding carboxylic acids is 1. The molecule has 2 aromatic carbocycles. The first-order valence-corrected chi connectivity index (χ1v) is 15.8. The number of nitrogens with zero attached hydrogens (tertiary/aromatic N) is 4. The minimum atomic E-state index is -4.68. The Bertz CT molecular complexity index is 1890. The highest BCUT2D eigenvalue weighted by Crippen LogP contribution is 2.35. The third-order valence-corrected chi connectivity index (χ3v) is 8.10. The van der Waals surface area contributed by atoms with Crippen molar-refractivity contribution in [3.63, 3.8) is 0 Å². The molecule has 248 valence electrons. The second-order valence-corrected chi connectivity index (χ2v) is 13.3. The Morgan fingerprint density at radius 1 is 0.979 bits per heavy atom. The highest BCUT2D eigenvalue weighted by Gasteiger charge is 2.28. The van der Waals surface area contributed by atoms with Crippen molar-refractivity contribution in [2.45, 2.75) is 50.2 Å². The highest BCUT2D eigenvalue weighted by atomic mass is 32.2. The van der Waals surface area contributed by atoms with Crippen LogP contribution in [0.1, 0.15) is 33.6 Å². The number of anilines is 2. The molecule has 0 radical (unpaired) electrons. The van der Waals surface area contributed by atoms with Crippen molar-refractivity contribution in [1.29, 1.82) is 0 Å². The number of nitrogens with one attached hydrogen (secondary N) is 2. The maximum atomic E-state index is 15.1. The molecule has 1 aliphatic rings. The van der Waals surface area contributed by atoms with E-state index in [1.54, 1.807) is 48.6 Å². The van der Waals surface area contributed by atoms with E-state index in [0.717, 1.165) is 25.0 Å². The van der Waals surface area contributed by atoms with Crippen molar-refractivity contribution in [2.24, 2.45) is 0 Å². The number of halogens is 4. The Hall–Kier alpha value is -4.99. The SMILES string of the molecule is CC(C)(C)OC(=O)N1CCCC(Nc2nccc(-c3cccnc3Oc3ccc(NS(=O)(=O)c4cc(F)cc(F)c4)c(F)c3F)n2)C1. The minimum Gasteiger partial charge on any atom is -0.444 e. The highest BCUT2D eigenvalue weighted by molar-refractivity contribution is 7.92. The van der Waals surface area contributed by atoms with Gasteiger partial charge in [-0.15, -0.1) is 0 Å².